The Balaban J connectivity index is 1.83. The zero-order valence-electron chi connectivity index (χ0n) is 9.26. The van der Waals surface area contributed by atoms with Crippen molar-refractivity contribution in [1.29, 1.82) is 0 Å². The van der Waals surface area contributed by atoms with Crippen molar-refractivity contribution < 1.29 is 5.11 Å². The molecule has 2 saturated heterocycles. The van der Waals surface area contributed by atoms with Crippen LogP contribution in [-0.4, -0.2) is 31.9 Å². The second kappa shape index (κ2) is 4.33. The van der Waals surface area contributed by atoms with Crippen molar-refractivity contribution in [3.05, 3.63) is 0 Å². The topological polar surface area (TPSA) is 32.3 Å². The summed E-state index contributed by atoms with van der Waals surface area (Å²) in [5.74, 6) is 0. The molecule has 14 heavy (non-hydrogen) atoms. The quantitative estimate of drug-likeness (QED) is 0.703. The molecule has 0 bridgehead atoms. The monoisotopic (exact) mass is 213 g/mol. The van der Waals surface area contributed by atoms with Gasteiger partial charge in [0.1, 0.15) is 0 Å². The lowest BCUT2D eigenvalue weighted by molar-refractivity contribution is 0.152. The standard InChI is InChI=1S/C11H23NOSi/c1-14(7-2-3-8-14)9-11(13)10-5-4-6-12-10/h10-13H,2-9H2,1H3/t10-,11+/m0/s1. The molecule has 0 saturated carbocycles. The fourth-order valence-electron chi connectivity index (χ4n) is 3.12. The Morgan fingerprint density at radius 1 is 1.36 bits per heavy atom. The fourth-order valence-corrected chi connectivity index (χ4v) is 7.28. The fraction of sp³-hybridized carbons (Fsp3) is 1.00. The number of hydrogen-bond donors (Lipinski definition) is 2. The molecule has 3 heteroatoms. The minimum absolute atomic E-state index is 0.0488. The van der Waals surface area contributed by atoms with Crippen LogP contribution in [0.4, 0.5) is 0 Å². The van der Waals surface area contributed by atoms with Crippen LogP contribution in [0.1, 0.15) is 25.7 Å². The van der Waals surface area contributed by atoms with Crippen molar-refractivity contribution >= 4 is 8.07 Å². The van der Waals surface area contributed by atoms with Gasteiger partial charge >= 0.3 is 0 Å². The molecule has 2 nitrogen and oxygen atoms in total. The molecule has 0 unspecified atom stereocenters. The van der Waals surface area contributed by atoms with Crippen molar-refractivity contribution in [2.45, 2.75) is 62.5 Å². The Morgan fingerprint density at radius 2 is 2.07 bits per heavy atom. The molecule has 2 aliphatic heterocycles. The molecule has 0 aromatic heterocycles. The smallest absolute Gasteiger partial charge is 0.0670 e. The molecule has 2 heterocycles. The minimum atomic E-state index is -1.01. The predicted molar refractivity (Wildman–Crippen MR) is 62.3 cm³/mol. The van der Waals surface area contributed by atoms with Crippen LogP contribution in [0.15, 0.2) is 0 Å². The zero-order valence-corrected chi connectivity index (χ0v) is 10.3. The van der Waals surface area contributed by atoms with Gasteiger partial charge in [0, 0.05) is 6.04 Å². The van der Waals surface area contributed by atoms with E-state index in [1.165, 1.54) is 37.8 Å². The highest BCUT2D eigenvalue weighted by atomic mass is 28.3. The van der Waals surface area contributed by atoms with Gasteiger partial charge in [-0.25, -0.2) is 0 Å². The molecule has 2 aliphatic rings. The second-order valence-corrected chi connectivity index (χ2v) is 10.5. The molecule has 2 rings (SSSR count). The van der Waals surface area contributed by atoms with E-state index in [0.29, 0.717) is 6.04 Å². The number of aliphatic hydroxyl groups is 1. The van der Waals surface area contributed by atoms with Crippen LogP contribution >= 0.6 is 0 Å². The summed E-state index contributed by atoms with van der Waals surface area (Å²) >= 11 is 0. The van der Waals surface area contributed by atoms with Crippen molar-refractivity contribution in [1.82, 2.24) is 5.32 Å². The normalized spacial score (nSPS) is 33.4. The van der Waals surface area contributed by atoms with E-state index in [1.807, 2.05) is 0 Å². The van der Waals surface area contributed by atoms with E-state index in [4.69, 9.17) is 0 Å². The highest BCUT2D eigenvalue weighted by molar-refractivity contribution is 6.79. The van der Waals surface area contributed by atoms with Crippen molar-refractivity contribution in [3.63, 3.8) is 0 Å². The summed E-state index contributed by atoms with van der Waals surface area (Å²) in [6.07, 6.45) is 5.24. The van der Waals surface area contributed by atoms with E-state index < -0.39 is 8.07 Å². The van der Waals surface area contributed by atoms with Gasteiger partial charge in [-0.2, -0.15) is 0 Å². The summed E-state index contributed by atoms with van der Waals surface area (Å²) < 4.78 is 0. The van der Waals surface area contributed by atoms with Crippen molar-refractivity contribution in [2.24, 2.45) is 0 Å². The number of nitrogens with one attached hydrogen (secondary N) is 1. The summed E-state index contributed by atoms with van der Waals surface area (Å²) in [4.78, 5) is 0. The number of aliphatic hydroxyl groups excluding tert-OH is 1. The molecule has 2 fully saturated rings. The van der Waals surface area contributed by atoms with E-state index in [9.17, 15) is 5.11 Å². The first-order valence-corrected chi connectivity index (χ1v) is 9.23. The average Bonchev–Trinajstić information content (AvgIpc) is 2.74. The molecule has 2 N–H and O–H groups in total. The van der Waals surface area contributed by atoms with E-state index in [0.717, 1.165) is 12.6 Å². The molecule has 0 aliphatic carbocycles. The van der Waals surface area contributed by atoms with Gasteiger partial charge in [0.05, 0.1) is 14.2 Å². The molecular weight excluding hydrogens is 190 g/mol. The molecule has 82 valence electrons. The molecular formula is C11H23NOSi. The first kappa shape index (κ1) is 10.6. The van der Waals surface area contributed by atoms with Gasteiger partial charge in [-0.3, -0.25) is 0 Å². The molecule has 0 aromatic carbocycles. The van der Waals surface area contributed by atoms with Gasteiger partial charge in [-0.1, -0.05) is 31.5 Å². The third-order valence-electron chi connectivity index (χ3n) is 4.08. The van der Waals surface area contributed by atoms with Gasteiger partial charge in [0.15, 0.2) is 0 Å². The zero-order chi connectivity index (χ0) is 10.0. The Labute approximate surface area is 88.1 Å². The third-order valence-corrected chi connectivity index (χ3v) is 8.60. The van der Waals surface area contributed by atoms with Gasteiger partial charge < -0.3 is 10.4 Å². The second-order valence-electron chi connectivity index (χ2n) is 5.49. The first-order chi connectivity index (χ1) is 6.70. The van der Waals surface area contributed by atoms with Crippen LogP contribution in [0.2, 0.25) is 24.7 Å². The molecule has 2 atom stereocenters. The summed E-state index contributed by atoms with van der Waals surface area (Å²) in [6, 6.07) is 4.47. The maximum atomic E-state index is 10.1. The van der Waals surface area contributed by atoms with Crippen LogP contribution < -0.4 is 5.32 Å². The largest absolute Gasteiger partial charge is 0.392 e. The van der Waals surface area contributed by atoms with Crippen LogP contribution in [0.3, 0.4) is 0 Å². The maximum Gasteiger partial charge on any atom is 0.0670 e. The average molecular weight is 213 g/mol. The SMILES string of the molecule is C[Si]1(C[C@@H](O)[C@@H]2CCCN2)CCCC1. The summed E-state index contributed by atoms with van der Waals surface area (Å²) in [6.45, 7) is 3.60. The Bertz CT molecular complexity index is 186. The van der Waals surface area contributed by atoms with Crippen LogP contribution in [0.5, 0.6) is 0 Å². The molecule has 0 aromatic rings. The van der Waals surface area contributed by atoms with Crippen LogP contribution in [0, 0.1) is 0 Å². The lowest BCUT2D eigenvalue weighted by Crippen LogP contribution is -2.41. The van der Waals surface area contributed by atoms with Gasteiger partial charge in [0.25, 0.3) is 0 Å². The Kier molecular flexibility index (Phi) is 3.29. The van der Waals surface area contributed by atoms with Gasteiger partial charge in [0.2, 0.25) is 0 Å². The van der Waals surface area contributed by atoms with Crippen molar-refractivity contribution in [3.8, 4) is 0 Å². The summed E-state index contributed by atoms with van der Waals surface area (Å²) in [7, 11) is -1.01. The van der Waals surface area contributed by atoms with E-state index >= 15 is 0 Å². The summed E-state index contributed by atoms with van der Waals surface area (Å²) in [5.41, 5.74) is 0. The lowest BCUT2D eigenvalue weighted by Gasteiger charge is -2.27. The van der Waals surface area contributed by atoms with Crippen LogP contribution in [-0.2, 0) is 0 Å². The van der Waals surface area contributed by atoms with Gasteiger partial charge in [-0.15, -0.1) is 0 Å². The highest BCUT2D eigenvalue weighted by Crippen LogP contribution is 2.35. The first-order valence-electron chi connectivity index (χ1n) is 6.11. The lowest BCUT2D eigenvalue weighted by atomic mass is 10.1. The Morgan fingerprint density at radius 3 is 2.64 bits per heavy atom. The summed E-state index contributed by atoms with van der Waals surface area (Å²) in [5, 5.41) is 13.6. The third kappa shape index (κ3) is 2.38. The van der Waals surface area contributed by atoms with E-state index in [1.54, 1.807) is 0 Å². The Hall–Kier alpha value is 0.137. The van der Waals surface area contributed by atoms with Crippen molar-refractivity contribution in [2.75, 3.05) is 6.54 Å². The van der Waals surface area contributed by atoms with E-state index in [-0.39, 0.29) is 6.10 Å². The number of hydrogen-bond acceptors (Lipinski definition) is 2. The van der Waals surface area contributed by atoms with Crippen LogP contribution in [0.25, 0.3) is 0 Å². The molecule has 0 amide bonds. The van der Waals surface area contributed by atoms with E-state index in [2.05, 4.69) is 11.9 Å². The highest BCUT2D eigenvalue weighted by Gasteiger charge is 2.35. The number of rotatable bonds is 3. The molecule has 0 spiro atoms. The predicted octanol–water partition coefficient (Wildman–Crippen LogP) is 1.97. The molecule has 0 radical (unpaired) electrons. The maximum absolute atomic E-state index is 10.1. The minimum Gasteiger partial charge on any atom is -0.392 e. The van der Waals surface area contributed by atoms with Gasteiger partial charge in [-0.05, 0) is 25.4 Å².